The van der Waals surface area contributed by atoms with Crippen molar-refractivity contribution >= 4 is 0 Å². The molecule has 4 unspecified atom stereocenters. The van der Waals surface area contributed by atoms with Gasteiger partial charge < -0.3 is 11.5 Å². The van der Waals surface area contributed by atoms with Crippen LogP contribution in [-0.4, -0.2) is 13.1 Å². The van der Waals surface area contributed by atoms with E-state index in [9.17, 15) is 0 Å². The number of hydrogen-bond donors (Lipinski definition) is 2. The van der Waals surface area contributed by atoms with Gasteiger partial charge in [-0.05, 0) is 75.3 Å². The molecule has 36 heavy (non-hydrogen) atoms. The summed E-state index contributed by atoms with van der Waals surface area (Å²) >= 11 is 0. The average molecular weight is 507 g/mol. The van der Waals surface area contributed by atoms with Gasteiger partial charge in [-0.25, -0.2) is 0 Å². The van der Waals surface area contributed by atoms with Crippen LogP contribution in [0.25, 0.3) is 0 Å². The summed E-state index contributed by atoms with van der Waals surface area (Å²) in [7, 11) is 0. The van der Waals surface area contributed by atoms with Crippen LogP contribution < -0.4 is 11.5 Å². The monoisotopic (exact) mass is 507 g/mol. The molecule has 4 N–H and O–H groups in total. The molecule has 216 valence electrons. The molecule has 0 radical (unpaired) electrons. The normalized spacial score (nSPS) is 22.3. The third-order valence-electron chi connectivity index (χ3n) is 9.51. The Morgan fingerprint density at radius 3 is 1.08 bits per heavy atom. The summed E-state index contributed by atoms with van der Waals surface area (Å²) in [5.74, 6) is 4.09. The molecule has 0 aromatic carbocycles. The van der Waals surface area contributed by atoms with Gasteiger partial charge in [0.25, 0.3) is 0 Å². The van der Waals surface area contributed by atoms with Crippen LogP contribution in [0.1, 0.15) is 181 Å². The molecule has 0 aromatic rings. The first-order chi connectivity index (χ1) is 17.8. The first-order valence-corrected chi connectivity index (χ1v) is 17.2. The minimum absolute atomic E-state index is 0.871. The van der Waals surface area contributed by atoms with E-state index in [-0.39, 0.29) is 0 Å². The molecule has 0 aliphatic heterocycles. The molecule has 1 fully saturated rings. The third-order valence-corrected chi connectivity index (χ3v) is 9.51. The quantitative estimate of drug-likeness (QED) is 0.115. The highest BCUT2D eigenvalue weighted by Crippen LogP contribution is 2.47. The van der Waals surface area contributed by atoms with Crippen molar-refractivity contribution in [1.82, 2.24) is 0 Å². The second-order valence-corrected chi connectivity index (χ2v) is 12.5. The Morgan fingerprint density at radius 2 is 0.694 bits per heavy atom. The van der Waals surface area contributed by atoms with Crippen molar-refractivity contribution in [2.24, 2.45) is 35.1 Å². The van der Waals surface area contributed by atoms with Crippen LogP contribution in [0.3, 0.4) is 0 Å². The van der Waals surface area contributed by atoms with Crippen molar-refractivity contribution in [3.63, 3.8) is 0 Å². The summed E-state index contributed by atoms with van der Waals surface area (Å²) in [5.41, 5.74) is 11.4. The lowest BCUT2D eigenvalue weighted by Gasteiger charge is -2.44. The lowest BCUT2D eigenvalue weighted by atomic mass is 9.61. The fourth-order valence-corrected chi connectivity index (χ4v) is 7.30. The highest BCUT2D eigenvalue weighted by atomic mass is 14.5. The average Bonchev–Trinajstić information content (AvgIpc) is 2.89. The Balaban J connectivity index is 2.71. The molecule has 4 atom stereocenters. The molecular formula is C34H70N2. The van der Waals surface area contributed by atoms with E-state index in [2.05, 4.69) is 13.8 Å². The first kappa shape index (κ1) is 33.9. The largest absolute Gasteiger partial charge is 0.330 e. The van der Waals surface area contributed by atoms with E-state index in [1.54, 1.807) is 0 Å². The van der Waals surface area contributed by atoms with E-state index < -0.39 is 0 Å². The zero-order valence-electron chi connectivity index (χ0n) is 25.3. The summed E-state index contributed by atoms with van der Waals surface area (Å²) in [6, 6.07) is 0. The lowest BCUT2D eigenvalue weighted by molar-refractivity contribution is 0.0581. The van der Waals surface area contributed by atoms with Gasteiger partial charge in [0.2, 0.25) is 0 Å². The Kier molecular flexibility index (Phi) is 23.8. The fraction of sp³-hybridized carbons (Fsp3) is 1.00. The second-order valence-electron chi connectivity index (χ2n) is 12.5. The first-order valence-electron chi connectivity index (χ1n) is 17.2. The molecule has 0 heterocycles. The Hall–Kier alpha value is -0.0800. The van der Waals surface area contributed by atoms with Gasteiger partial charge in [0, 0.05) is 0 Å². The van der Waals surface area contributed by atoms with Crippen molar-refractivity contribution in [1.29, 1.82) is 0 Å². The van der Waals surface area contributed by atoms with Gasteiger partial charge in [0.1, 0.15) is 0 Å². The standard InChI is InChI=1S/C34H70N2/c1-3-5-7-9-13-19-25-33-31(23-17-8-6-4-2)27-28-32(24-18-12-10-15-21-29-35)34(33)26-20-14-11-16-22-30-36/h31-34H,3-30,35-36H2,1-2H3. The van der Waals surface area contributed by atoms with Gasteiger partial charge in [0.15, 0.2) is 0 Å². The Bertz CT molecular complexity index is 437. The lowest BCUT2D eigenvalue weighted by Crippen LogP contribution is -2.35. The van der Waals surface area contributed by atoms with E-state index in [1.807, 2.05) is 0 Å². The van der Waals surface area contributed by atoms with Gasteiger partial charge in [-0.1, -0.05) is 142 Å². The smallest absolute Gasteiger partial charge is 0.00773 e. The molecule has 1 aliphatic rings. The molecule has 2 nitrogen and oxygen atoms in total. The maximum Gasteiger partial charge on any atom is -0.00773 e. The van der Waals surface area contributed by atoms with Crippen LogP contribution in [0.2, 0.25) is 0 Å². The van der Waals surface area contributed by atoms with Gasteiger partial charge in [-0.15, -0.1) is 0 Å². The van der Waals surface area contributed by atoms with Crippen molar-refractivity contribution in [3.8, 4) is 0 Å². The second kappa shape index (κ2) is 25.2. The zero-order chi connectivity index (χ0) is 26.1. The van der Waals surface area contributed by atoms with Crippen LogP contribution in [0.15, 0.2) is 0 Å². The van der Waals surface area contributed by atoms with E-state index >= 15 is 0 Å². The fourth-order valence-electron chi connectivity index (χ4n) is 7.30. The molecule has 0 saturated heterocycles. The summed E-state index contributed by atoms with van der Waals surface area (Å²) < 4.78 is 0. The summed E-state index contributed by atoms with van der Waals surface area (Å²) in [6.07, 6.45) is 37.4. The van der Waals surface area contributed by atoms with Crippen LogP contribution in [0, 0.1) is 23.7 Å². The molecule has 0 amide bonds. The maximum absolute atomic E-state index is 5.73. The van der Waals surface area contributed by atoms with Crippen LogP contribution >= 0.6 is 0 Å². The molecule has 0 spiro atoms. The highest BCUT2D eigenvalue weighted by molar-refractivity contribution is 4.88. The van der Waals surface area contributed by atoms with Crippen LogP contribution in [-0.2, 0) is 0 Å². The molecule has 0 aromatic heterocycles. The van der Waals surface area contributed by atoms with E-state index in [1.165, 1.54) is 167 Å². The van der Waals surface area contributed by atoms with Gasteiger partial charge in [-0.3, -0.25) is 0 Å². The number of nitrogens with two attached hydrogens (primary N) is 2. The van der Waals surface area contributed by atoms with Crippen LogP contribution in [0.4, 0.5) is 0 Å². The van der Waals surface area contributed by atoms with Crippen molar-refractivity contribution in [3.05, 3.63) is 0 Å². The number of hydrogen-bond acceptors (Lipinski definition) is 2. The van der Waals surface area contributed by atoms with Gasteiger partial charge >= 0.3 is 0 Å². The summed E-state index contributed by atoms with van der Waals surface area (Å²) in [6.45, 7) is 6.43. The van der Waals surface area contributed by atoms with E-state index in [4.69, 9.17) is 11.5 Å². The molecule has 1 aliphatic carbocycles. The van der Waals surface area contributed by atoms with E-state index in [0.717, 1.165) is 36.8 Å². The minimum Gasteiger partial charge on any atom is -0.330 e. The van der Waals surface area contributed by atoms with Gasteiger partial charge in [0.05, 0.1) is 0 Å². The zero-order valence-corrected chi connectivity index (χ0v) is 25.3. The predicted octanol–water partition coefficient (Wildman–Crippen LogP) is 10.6. The van der Waals surface area contributed by atoms with E-state index in [0.29, 0.717) is 0 Å². The summed E-state index contributed by atoms with van der Waals surface area (Å²) in [4.78, 5) is 0. The Labute approximate surface area is 228 Å². The SMILES string of the molecule is CCCCCCCCC1C(CCCCCC)CCC(CCCCCCCN)C1CCCCCCCN. The molecule has 0 bridgehead atoms. The molecular weight excluding hydrogens is 436 g/mol. The third kappa shape index (κ3) is 16.7. The van der Waals surface area contributed by atoms with Crippen LogP contribution in [0.5, 0.6) is 0 Å². The highest BCUT2D eigenvalue weighted by Gasteiger charge is 2.37. The number of unbranched alkanes of at least 4 members (excludes halogenated alkanes) is 16. The van der Waals surface area contributed by atoms with Crippen molar-refractivity contribution in [2.45, 2.75) is 181 Å². The Morgan fingerprint density at radius 1 is 0.389 bits per heavy atom. The minimum atomic E-state index is 0.871. The molecule has 2 heteroatoms. The number of rotatable bonds is 26. The summed E-state index contributed by atoms with van der Waals surface area (Å²) in [5, 5.41) is 0. The molecule has 1 saturated carbocycles. The topological polar surface area (TPSA) is 52.0 Å². The van der Waals surface area contributed by atoms with Crippen molar-refractivity contribution < 1.29 is 0 Å². The predicted molar refractivity (Wildman–Crippen MR) is 163 cm³/mol. The van der Waals surface area contributed by atoms with Crippen molar-refractivity contribution in [2.75, 3.05) is 13.1 Å². The maximum atomic E-state index is 5.73. The van der Waals surface area contributed by atoms with Gasteiger partial charge in [-0.2, -0.15) is 0 Å². The molecule has 1 rings (SSSR count).